The van der Waals surface area contributed by atoms with Crippen molar-refractivity contribution in [2.45, 2.75) is 18.7 Å². The second-order valence-corrected chi connectivity index (χ2v) is 8.97. The molecule has 5 rings (SSSR count). The molecule has 0 aliphatic heterocycles. The second kappa shape index (κ2) is 10.9. The first-order valence-electron chi connectivity index (χ1n) is 11.4. The van der Waals surface area contributed by atoms with Crippen molar-refractivity contribution in [1.82, 2.24) is 25.0 Å². The molecule has 0 aliphatic carbocycles. The Morgan fingerprint density at radius 2 is 1.72 bits per heavy atom. The number of amides is 1. The van der Waals surface area contributed by atoms with Crippen molar-refractivity contribution >= 4 is 23.5 Å². The summed E-state index contributed by atoms with van der Waals surface area (Å²) < 4.78 is 7.46. The van der Waals surface area contributed by atoms with Crippen LogP contribution in [0.25, 0.3) is 16.9 Å². The fourth-order valence-corrected chi connectivity index (χ4v) is 4.11. The third kappa shape index (κ3) is 5.81. The fourth-order valence-electron chi connectivity index (χ4n) is 3.49. The van der Waals surface area contributed by atoms with Gasteiger partial charge in [0.2, 0.25) is 11.1 Å². The Kier molecular flexibility index (Phi) is 7.09. The Hall–Kier alpha value is -4.37. The first-order chi connectivity index (χ1) is 17.6. The molecule has 3 aromatic carbocycles. The van der Waals surface area contributed by atoms with Crippen molar-refractivity contribution in [2.75, 3.05) is 11.1 Å². The van der Waals surface area contributed by atoms with Crippen molar-refractivity contribution in [3.63, 3.8) is 0 Å². The van der Waals surface area contributed by atoms with E-state index >= 15 is 0 Å². The first kappa shape index (κ1) is 23.4. The van der Waals surface area contributed by atoms with E-state index in [4.69, 9.17) is 9.84 Å². The number of nitrogens with one attached hydrogen (secondary N) is 2. The summed E-state index contributed by atoms with van der Waals surface area (Å²) in [5, 5.41) is 15.2. The molecule has 0 fully saturated rings. The molecule has 0 radical (unpaired) electrons. The number of anilines is 1. The predicted molar refractivity (Wildman–Crippen MR) is 140 cm³/mol. The lowest BCUT2D eigenvalue weighted by molar-refractivity contribution is -0.113. The van der Waals surface area contributed by atoms with Gasteiger partial charge in [-0.1, -0.05) is 78.0 Å². The van der Waals surface area contributed by atoms with Crippen LogP contribution >= 0.6 is 11.8 Å². The van der Waals surface area contributed by atoms with Crippen LogP contribution in [0.5, 0.6) is 5.75 Å². The van der Waals surface area contributed by atoms with Crippen molar-refractivity contribution in [1.29, 1.82) is 0 Å². The number of ether oxygens (including phenoxy) is 1. The fraction of sp³-hybridized carbons (Fsp3) is 0.111. The number of hydrogen-bond acceptors (Lipinski definition) is 6. The minimum atomic E-state index is -0.182. The summed E-state index contributed by atoms with van der Waals surface area (Å²) in [5.41, 5.74) is 3.77. The van der Waals surface area contributed by atoms with Crippen molar-refractivity contribution < 1.29 is 9.53 Å². The van der Waals surface area contributed by atoms with E-state index in [-0.39, 0.29) is 18.3 Å². The second-order valence-electron chi connectivity index (χ2n) is 8.03. The monoisotopic (exact) mass is 496 g/mol. The summed E-state index contributed by atoms with van der Waals surface area (Å²) in [4.78, 5) is 17.2. The Morgan fingerprint density at radius 1 is 1.00 bits per heavy atom. The van der Waals surface area contributed by atoms with Gasteiger partial charge in [0.25, 0.3) is 0 Å². The standard InChI is InChI=1S/C27H24N6O2S/c1-19-12-14-22(15-13-19)35-17-24-28-27(31-30-24)36-18-26(34)29-25-16-23(20-8-4-2-5-9-20)32-33(25)21-10-6-3-7-11-21/h2-16H,17-18H2,1H3,(H,29,34)(H,28,30,31). The zero-order chi connectivity index (χ0) is 24.7. The highest BCUT2D eigenvalue weighted by Crippen LogP contribution is 2.25. The highest BCUT2D eigenvalue weighted by molar-refractivity contribution is 7.99. The van der Waals surface area contributed by atoms with Crippen LogP contribution in [0.1, 0.15) is 11.4 Å². The zero-order valence-electron chi connectivity index (χ0n) is 19.6. The van der Waals surface area contributed by atoms with Crippen LogP contribution in [0.3, 0.4) is 0 Å². The third-order valence-corrected chi connectivity index (χ3v) is 6.13. The van der Waals surface area contributed by atoms with Crippen molar-refractivity contribution in [3.05, 3.63) is 102 Å². The molecule has 0 unspecified atom stereocenters. The van der Waals surface area contributed by atoms with Gasteiger partial charge in [0.1, 0.15) is 18.2 Å². The summed E-state index contributed by atoms with van der Waals surface area (Å²) in [6.07, 6.45) is 0. The first-order valence-corrected chi connectivity index (χ1v) is 12.4. The molecule has 2 N–H and O–H groups in total. The predicted octanol–water partition coefficient (Wildman–Crippen LogP) is 5.28. The van der Waals surface area contributed by atoms with Gasteiger partial charge in [-0.3, -0.25) is 9.89 Å². The summed E-state index contributed by atoms with van der Waals surface area (Å²) >= 11 is 1.25. The van der Waals surface area contributed by atoms with Crippen LogP contribution in [0.15, 0.2) is 96.2 Å². The number of hydrogen-bond donors (Lipinski definition) is 2. The highest BCUT2D eigenvalue weighted by atomic mass is 32.2. The number of rotatable bonds is 9. The lowest BCUT2D eigenvalue weighted by Gasteiger charge is -2.08. The van der Waals surface area contributed by atoms with Crippen LogP contribution in [-0.4, -0.2) is 36.6 Å². The van der Waals surface area contributed by atoms with Gasteiger partial charge >= 0.3 is 0 Å². The van der Waals surface area contributed by atoms with Gasteiger partial charge < -0.3 is 10.1 Å². The number of thioether (sulfide) groups is 1. The molecule has 5 aromatic rings. The minimum Gasteiger partial charge on any atom is -0.486 e. The van der Waals surface area contributed by atoms with E-state index in [1.54, 1.807) is 4.68 Å². The maximum Gasteiger partial charge on any atom is 0.236 e. The number of aromatic nitrogens is 5. The number of carbonyl (C=O) groups is 1. The maximum absolute atomic E-state index is 12.8. The largest absolute Gasteiger partial charge is 0.486 e. The molecule has 0 bridgehead atoms. The molecule has 0 aliphatic rings. The SMILES string of the molecule is Cc1ccc(OCc2nc(SCC(=O)Nc3cc(-c4ccccc4)nn3-c3ccccc3)n[nH]2)cc1. The van der Waals surface area contributed by atoms with E-state index in [1.165, 1.54) is 17.3 Å². The lowest BCUT2D eigenvalue weighted by Crippen LogP contribution is -2.17. The molecule has 180 valence electrons. The van der Waals surface area contributed by atoms with E-state index in [0.29, 0.717) is 16.8 Å². The zero-order valence-corrected chi connectivity index (χ0v) is 20.4. The Morgan fingerprint density at radius 3 is 2.47 bits per heavy atom. The average molecular weight is 497 g/mol. The molecule has 2 heterocycles. The average Bonchev–Trinajstić information content (AvgIpc) is 3.55. The molecule has 0 atom stereocenters. The van der Waals surface area contributed by atoms with Crippen LogP contribution in [0.2, 0.25) is 0 Å². The quantitative estimate of drug-likeness (QED) is 0.270. The normalized spacial score (nSPS) is 10.8. The van der Waals surface area contributed by atoms with E-state index in [0.717, 1.165) is 22.7 Å². The van der Waals surface area contributed by atoms with Gasteiger partial charge in [0, 0.05) is 11.6 Å². The Labute approximate surface area is 212 Å². The molecule has 0 saturated carbocycles. The number of aryl methyl sites for hydroxylation is 1. The number of carbonyl (C=O) groups excluding carboxylic acids is 1. The van der Waals surface area contributed by atoms with E-state index in [1.807, 2.05) is 97.9 Å². The molecule has 8 nitrogen and oxygen atoms in total. The van der Waals surface area contributed by atoms with E-state index in [9.17, 15) is 4.79 Å². The van der Waals surface area contributed by atoms with Gasteiger partial charge in [0.05, 0.1) is 17.1 Å². The topological polar surface area (TPSA) is 97.7 Å². The van der Waals surface area contributed by atoms with Crippen molar-refractivity contribution in [3.8, 4) is 22.7 Å². The summed E-state index contributed by atoms with van der Waals surface area (Å²) in [5.74, 6) is 1.91. The molecule has 1 amide bonds. The van der Waals surface area contributed by atoms with Gasteiger partial charge in [-0.15, -0.1) is 5.10 Å². The van der Waals surface area contributed by atoms with E-state index < -0.39 is 0 Å². The van der Waals surface area contributed by atoms with Crippen LogP contribution < -0.4 is 10.1 Å². The van der Waals surface area contributed by atoms with E-state index in [2.05, 4.69) is 20.5 Å². The number of aromatic amines is 1. The molecule has 36 heavy (non-hydrogen) atoms. The van der Waals surface area contributed by atoms with Crippen molar-refractivity contribution in [2.24, 2.45) is 0 Å². The molecular formula is C27H24N6O2S. The van der Waals surface area contributed by atoms with Crippen LogP contribution in [0.4, 0.5) is 5.82 Å². The molecular weight excluding hydrogens is 472 g/mol. The Balaban J connectivity index is 1.22. The van der Waals surface area contributed by atoms with Gasteiger partial charge in [0.15, 0.2) is 5.82 Å². The molecule has 9 heteroatoms. The smallest absolute Gasteiger partial charge is 0.236 e. The van der Waals surface area contributed by atoms with Gasteiger partial charge in [-0.05, 0) is 31.2 Å². The number of nitrogens with zero attached hydrogens (tertiary/aromatic N) is 4. The maximum atomic E-state index is 12.8. The summed E-state index contributed by atoms with van der Waals surface area (Å²) in [6.45, 7) is 2.29. The molecule has 0 spiro atoms. The third-order valence-electron chi connectivity index (χ3n) is 5.29. The number of H-pyrrole nitrogens is 1. The summed E-state index contributed by atoms with van der Waals surface area (Å²) in [6, 6.07) is 29.2. The Bertz CT molecular complexity index is 1430. The van der Waals surface area contributed by atoms with Crippen LogP contribution in [0, 0.1) is 6.92 Å². The highest BCUT2D eigenvalue weighted by Gasteiger charge is 2.15. The molecule has 0 saturated heterocycles. The number of para-hydroxylation sites is 1. The lowest BCUT2D eigenvalue weighted by atomic mass is 10.2. The number of benzene rings is 3. The van der Waals surface area contributed by atoms with Gasteiger partial charge in [-0.2, -0.15) is 5.10 Å². The minimum absolute atomic E-state index is 0.150. The summed E-state index contributed by atoms with van der Waals surface area (Å²) in [7, 11) is 0. The van der Waals surface area contributed by atoms with Gasteiger partial charge in [-0.25, -0.2) is 9.67 Å². The van der Waals surface area contributed by atoms with Crippen LogP contribution in [-0.2, 0) is 11.4 Å². The molecule has 2 aromatic heterocycles.